The van der Waals surface area contributed by atoms with Crippen LogP contribution in [-0.2, 0) is 13.0 Å². The van der Waals surface area contributed by atoms with E-state index in [4.69, 9.17) is 4.98 Å². The minimum atomic E-state index is -0.285. The lowest BCUT2D eigenvalue weighted by atomic mass is 10.1. The van der Waals surface area contributed by atoms with Crippen LogP contribution in [0.25, 0.3) is 11.3 Å². The van der Waals surface area contributed by atoms with E-state index in [0.29, 0.717) is 12.0 Å². The summed E-state index contributed by atoms with van der Waals surface area (Å²) < 4.78 is 15.2. The molecule has 0 aliphatic heterocycles. The molecule has 0 unspecified atom stereocenters. The van der Waals surface area contributed by atoms with Crippen LogP contribution in [0.3, 0.4) is 0 Å². The van der Waals surface area contributed by atoms with Crippen molar-refractivity contribution in [2.75, 3.05) is 0 Å². The van der Waals surface area contributed by atoms with Crippen LogP contribution >= 0.6 is 0 Å². The van der Waals surface area contributed by atoms with E-state index < -0.39 is 0 Å². The number of halogens is 1. The number of carbonyl (C=O) groups is 1. The maximum absolute atomic E-state index is 13.3. The van der Waals surface area contributed by atoms with Crippen molar-refractivity contribution in [2.45, 2.75) is 13.0 Å². The molecule has 4 heteroatoms. The minimum Gasteiger partial charge on any atom is -0.326 e. The third-order valence-electron chi connectivity index (χ3n) is 4.61. The second-order valence-corrected chi connectivity index (χ2v) is 6.63. The summed E-state index contributed by atoms with van der Waals surface area (Å²) in [7, 11) is 0. The van der Waals surface area contributed by atoms with E-state index in [0.717, 1.165) is 22.6 Å². The zero-order valence-corrected chi connectivity index (χ0v) is 15.3. The number of carbonyl (C=O) groups excluding carboxylic acids is 1. The Kier molecular flexibility index (Phi) is 5.11. The van der Waals surface area contributed by atoms with E-state index in [1.54, 1.807) is 12.1 Å². The maximum Gasteiger partial charge on any atom is 0.182 e. The first-order valence-electron chi connectivity index (χ1n) is 9.13. The summed E-state index contributed by atoms with van der Waals surface area (Å²) in [5.41, 5.74) is 3.34. The highest BCUT2D eigenvalue weighted by molar-refractivity contribution is 5.95. The Morgan fingerprint density at radius 3 is 2.18 bits per heavy atom. The number of rotatable bonds is 6. The first-order chi connectivity index (χ1) is 13.7. The van der Waals surface area contributed by atoms with E-state index in [-0.39, 0.29) is 18.1 Å². The Morgan fingerprint density at radius 1 is 0.857 bits per heavy atom. The van der Waals surface area contributed by atoms with E-state index in [2.05, 4.69) is 0 Å². The lowest BCUT2D eigenvalue weighted by Crippen LogP contribution is -2.12. The van der Waals surface area contributed by atoms with Gasteiger partial charge in [-0.1, -0.05) is 60.7 Å². The van der Waals surface area contributed by atoms with Crippen molar-refractivity contribution in [1.29, 1.82) is 0 Å². The summed E-state index contributed by atoms with van der Waals surface area (Å²) in [6, 6.07) is 25.5. The largest absolute Gasteiger partial charge is 0.326 e. The molecule has 0 saturated heterocycles. The van der Waals surface area contributed by atoms with Crippen LogP contribution in [0.15, 0.2) is 91.1 Å². The molecule has 0 saturated carbocycles. The highest BCUT2D eigenvalue weighted by Gasteiger charge is 2.14. The molecule has 1 aromatic heterocycles. The molecule has 28 heavy (non-hydrogen) atoms. The van der Waals surface area contributed by atoms with Gasteiger partial charge in [0.1, 0.15) is 11.6 Å². The molecular formula is C24H19FN2O. The molecule has 0 radical (unpaired) electrons. The number of ketones is 1. The number of hydrogen-bond donors (Lipinski definition) is 0. The van der Waals surface area contributed by atoms with Crippen LogP contribution in [0.2, 0.25) is 0 Å². The smallest absolute Gasteiger partial charge is 0.182 e. The van der Waals surface area contributed by atoms with Gasteiger partial charge in [0.15, 0.2) is 5.78 Å². The lowest BCUT2D eigenvalue weighted by Gasteiger charge is -2.07. The van der Waals surface area contributed by atoms with E-state index in [9.17, 15) is 9.18 Å². The fraction of sp³-hybridized carbons (Fsp3) is 0.0833. The Bertz CT molecular complexity index is 1070. The molecule has 0 bridgehead atoms. The zero-order chi connectivity index (χ0) is 19.3. The van der Waals surface area contributed by atoms with Gasteiger partial charge >= 0.3 is 0 Å². The van der Waals surface area contributed by atoms with Gasteiger partial charge in [0.25, 0.3) is 0 Å². The van der Waals surface area contributed by atoms with Gasteiger partial charge in [0.05, 0.1) is 12.2 Å². The van der Waals surface area contributed by atoms with E-state index >= 15 is 0 Å². The Balaban J connectivity index is 1.68. The summed E-state index contributed by atoms with van der Waals surface area (Å²) in [6.45, 7) is 0.209. The quantitative estimate of drug-likeness (QED) is 0.439. The van der Waals surface area contributed by atoms with Gasteiger partial charge in [-0.05, 0) is 29.8 Å². The molecule has 3 nitrogen and oxygen atoms in total. The van der Waals surface area contributed by atoms with Crippen LogP contribution in [-0.4, -0.2) is 15.3 Å². The Labute approximate surface area is 163 Å². The summed E-state index contributed by atoms with van der Waals surface area (Å²) in [5, 5.41) is 0. The second-order valence-electron chi connectivity index (χ2n) is 6.63. The first kappa shape index (κ1) is 17.9. The lowest BCUT2D eigenvalue weighted by molar-refractivity contribution is 0.0971. The van der Waals surface area contributed by atoms with E-state index in [1.165, 1.54) is 12.1 Å². The van der Waals surface area contributed by atoms with Gasteiger partial charge in [0, 0.05) is 23.7 Å². The third kappa shape index (κ3) is 4.07. The Hall–Kier alpha value is -3.53. The minimum absolute atomic E-state index is 0.0259. The monoisotopic (exact) mass is 370 g/mol. The van der Waals surface area contributed by atoms with Crippen LogP contribution < -0.4 is 0 Å². The molecule has 4 rings (SSSR count). The van der Waals surface area contributed by atoms with E-state index in [1.807, 2.05) is 71.4 Å². The number of hydrogen-bond acceptors (Lipinski definition) is 2. The van der Waals surface area contributed by atoms with Gasteiger partial charge < -0.3 is 4.57 Å². The molecule has 4 aromatic rings. The van der Waals surface area contributed by atoms with Gasteiger partial charge in [-0.15, -0.1) is 0 Å². The molecule has 138 valence electrons. The van der Waals surface area contributed by atoms with Crippen LogP contribution in [0, 0.1) is 5.82 Å². The third-order valence-corrected chi connectivity index (χ3v) is 4.61. The standard InChI is InChI=1S/C24H19FN2O/c25-21-13-11-19(12-14-21)22-16-27(17-23(28)20-9-5-2-6-10-20)24(26-22)15-18-7-3-1-4-8-18/h1-14,16H,15,17H2. The number of imidazole rings is 1. The average Bonchev–Trinajstić information content (AvgIpc) is 3.12. The van der Waals surface area contributed by atoms with Crippen molar-refractivity contribution in [3.63, 3.8) is 0 Å². The van der Waals surface area contributed by atoms with Crippen molar-refractivity contribution in [3.8, 4) is 11.3 Å². The summed E-state index contributed by atoms with van der Waals surface area (Å²) in [6.07, 6.45) is 2.48. The molecule has 0 amide bonds. The topological polar surface area (TPSA) is 34.9 Å². The predicted octanol–water partition coefficient (Wildman–Crippen LogP) is 5.16. The SMILES string of the molecule is O=C(Cn1cc(-c2ccc(F)cc2)nc1Cc1ccccc1)c1ccccc1. The molecular weight excluding hydrogens is 351 g/mol. The second kappa shape index (κ2) is 8.01. The maximum atomic E-state index is 13.3. The van der Waals surface area contributed by atoms with Crippen molar-refractivity contribution < 1.29 is 9.18 Å². The Morgan fingerprint density at radius 2 is 1.50 bits per heavy atom. The molecule has 3 aromatic carbocycles. The van der Waals surface area contributed by atoms with Crippen LogP contribution in [0.1, 0.15) is 21.7 Å². The zero-order valence-electron chi connectivity index (χ0n) is 15.3. The highest BCUT2D eigenvalue weighted by Crippen LogP contribution is 2.21. The number of Topliss-reactive ketones (excluding diaryl/α,β-unsaturated/α-hetero) is 1. The molecule has 0 atom stereocenters. The van der Waals surface area contributed by atoms with Gasteiger partial charge in [-0.3, -0.25) is 4.79 Å². The fourth-order valence-corrected chi connectivity index (χ4v) is 3.14. The molecule has 0 aliphatic carbocycles. The van der Waals surface area contributed by atoms with Crippen molar-refractivity contribution >= 4 is 5.78 Å². The normalized spacial score (nSPS) is 10.8. The van der Waals surface area contributed by atoms with Crippen LogP contribution in [0.5, 0.6) is 0 Å². The van der Waals surface area contributed by atoms with Crippen LogP contribution in [0.4, 0.5) is 4.39 Å². The number of benzene rings is 3. The summed E-state index contributed by atoms with van der Waals surface area (Å²) >= 11 is 0. The molecule has 0 spiro atoms. The fourth-order valence-electron chi connectivity index (χ4n) is 3.14. The van der Waals surface area contributed by atoms with Gasteiger partial charge in [-0.25, -0.2) is 9.37 Å². The number of nitrogens with zero attached hydrogens (tertiary/aromatic N) is 2. The van der Waals surface area contributed by atoms with Gasteiger partial charge in [-0.2, -0.15) is 0 Å². The number of aromatic nitrogens is 2. The highest BCUT2D eigenvalue weighted by atomic mass is 19.1. The van der Waals surface area contributed by atoms with Crippen molar-refractivity contribution in [3.05, 3.63) is 114 Å². The summed E-state index contributed by atoms with van der Waals surface area (Å²) in [5.74, 6) is 0.541. The molecule has 0 N–H and O–H groups in total. The predicted molar refractivity (Wildman–Crippen MR) is 108 cm³/mol. The summed E-state index contributed by atoms with van der Waals surface area (Å²) in [4.78, 5) is 17.5. The average molecular weight is 370 g/mol. The molecule has 0 fully saturated rings. The molecule has 1 heterocycles. The molecule has 0 aliphatic rings. The van der Waals surface area contributed by atoms with Gasteiger partial charge in [0.2, 0.25) is 0 Å². The van der Waals surface area contributed by atoms with Crippen molar-refractivity contribution in [1.82, 2.24) is 9.55 Å². The van der Waals surface area contributed by atoms with Crippen molar-refractivity contribution in [2.24, 2.45) is 0 Å². The first-order valence-corrected chi connectivity index (χ1v) is 9.13.